The summed E-state index contributed by atoms with van der Waals surface area (Å²) in [7, 11) is 0. The predicted molar refractivity (Wildman–Crippen MR) is 75.0 cm³/mol. The maximum atomic E-state index is 11.8. The third kappa shape index (κ3) is 3.87. The van der Waals surface area contributed by atoms with Crippen LogP contribution in [-0.4, -0.2) is 27.7 Å². The standard InChI is InChI=1S/C14H19N3O2/c1-10(18)5-4-8-15-9-13-16-12-7-3-2-6-11(12)14(19)17-13/h2-3,6-7,10,15,18H,4-5,8-9H2,1H3,(H,16,17,19). The van der Waals surface area contributed by atoms with Gasteiger partial charge in [-0.05, 0) is 38.4 Å². The van der Waals surface area contributed by atoms with Crippen LogP contribution >= 0.6 is 0 Å². The van der Waals surface area contributed by atoms with Gasteiger partial charge >= 0.3 is 0 Å². The number of fused-ring (bicyclic) bond motifs is 1. The molecule has 0 aliphatic heterocycles. The van der Waals surface area contributed by atoms with E-state index in [0.717, 1.165) is 19.4 Å². The quantitative estimate of drug-likeness (QED) is 0.682. The Kier molecular flexibility index (Phi) is 4.65. The molecule has 0 aliphatic rings. The molecule has 1 heterocycles. The number of benzene rings is 1. The van der Waals surface area contributed by atoms with Crippen molar-refractivity contribution < 1.29 is 5.11 Å². The number of nitrogens with one attached hydrogen (secondary N) is 2. The molecule has 1 aromatic carbocycles. The Hall–Kier alpha value is -1.72. The lowest BCUT2D eigenvalue weighted by Gasteiger charge is -2.06. The second-order valence-electron chi connectivity index (χ2n) is 4.70. The molecule has 102 valence electrons. The average Bonchev–Trinajstić information content (AvgIpc) is 2.38. The number of aromatic nitrogens is 2. The molecule has 1 atom stereocenters. The van der Waals surface area contributed by atoms with Gasteiger partial charge in [-0.1, -0.05) is 12.1 Å². The number of hydrogen-bond acceptors (Lipinski definition) is 4. The largest absolute Gasteiger partial charge is 0.393 e. The van der Waals surface area contributed by atoms with Gasteiger partial charge in [-0.25, -0.2) is 4.98 Å². The molecule has 5 nitrogen and oxygen atoms in total. The summed E-state index contributed by atoms with van der Waals surface area (Å²) in [5, 5.41) is 13.0. The molecule has 1 unspecified atom stereocenters. The average molecular weight is 261 g/mol. The minimum Gasteiger partial charge on any atom is -0.393 e. The van der Waals surface area contributed by atoms with Gasteiger partial charge in [0, 0.05) is 0 Å². The monoisotopic (exact) mass is 261 g/mol. The summed E-state index contributed by atoms with van der Waals surface area (Å²) >= 11 is 0. The summed E-state index contributed by atoms with van der Waals surface area (Å²) in [5.41, 5.74) is 0.610. The summed E-state index contributed by atoms with van der Waals surface area (Å²) in [6, 6.07) is 7.30. The van der Waals surface area contributed by atoms with Gasteiger partial charge < -0.3 is 15.4 Å². The van der Waals surface area contributed by atoms with Crippen LogP contribution in [0.4, 0.5) is 0 Å². The van der Waals surface area contributed by atoms with E-state index in [4.69, 9.17) is 5.11 Å². The van der Waals surface area contributed by atoms with Gasteiger partial charge in [0.25, 0.3) is 5.56 Å². The van der Waals surface area contributed by atoms with Crippen molar-refractivity contribution in [3.63, 3.8) is 0 Å². The molecule has 0 spiro atoms. The van der Waals surface area contributed by atoms with Crippen LogP contribution in [0.25, 0.3) is 10.9 Å². The van der Waals surface area contributed by atoms with Crippen molar-refractivity contribution in [1.82, 2.24) is 15.3 Å². The molecule has 0 amide bonds. The van der Waals surface area contributed by atoms with Crippen molar-refractivity contribution in [1.29, 1.82) is 0 Å². The minimum atomic E-state index is -0.264. The molecule has 0 radical (unpaired) electrons. The van der Waals surface area contributed by atoms with Crippen molar-refractivity contribution in [2.45, 2.75) is 32.4 Å². The molecule has 19 heavy (non-hydrogen) atoms. The highest BCUT2D eigenvalue weighted by Gasteiger charge is 2.02. The third-order valence-corrected chi connectivity index (χ3v) is 2.93. The van der Waals surface area contributed by atoms with E-state index in [1.807, 2.05) is 18.2 Å². The molecule has 0 aliphatic carbocycles. The first-order valence-corrected chi connectivity index (χ1v) is 6.53. The fraction of sp³-hybridized carbons (Fsp3) is 0.429. The van der Waals surface area contributed by atoms with Crippen LogP contribution in [0.1, 0.15) is 25.6 Å². The van der Waals surface area contributed by atoms with Crippen LogP contribution in [0.15, 0.2) is 29.1 Å². The van der Waals surface area contributed by atoms with E-state index in [1.54, 1.807) is 13.0 Å². The molecule has 2 rings (SSSR count). The van der Waals surface area contributed by atoms with Crippen LogP contribution in [-0.2, 0) is 6.54 Å². The van der Waals surface area contributed by atoms with Gasteiger partial charge in [0.15, 0.2) is 0 Å². The molecule has 1 aromatic heterocycles. The van der Waals surface area contributed by atoms with Crippen molar-refractivity contribution >= 4 is 10.9 Å². The number of aliphatic hydroxyl groups is 1. The summed E-state index contributed by atoms with van der Waals surface area (Å²) in [6.07, 6.45) is 1.41. The summed E-state index contributed by atoms with van der Waals surface area (Å²) in [4.78, 5) is 19.0. The molecular weight excluding hydrogens is 242 g/mol. The molecule has 3 N–H and O–H groups in total. The van der Waals surface area contributed by atoms with E-state index in [2.05, 4.69) is 15.3 Å². The van der Waals surface area contributed by atoms with Crippen LogP contribution in [0.3, 0.4) is 0 Å². The van der Waals surface area contributed by atoms with Crippen molar-refractivity contribution in [2.24, 2.45) is 0 Å². The fourth-order valence-electron chi connectivity index (χ4n) is 1.95. The van der Waals surface area contributed by atoms with Gasteiger partial charge in [0.1, 0.15) is 5.82 Å². The molecule has 0 bridgehead atoms. The zero-order valence-corrected chi connectivity index (χ0v) is 11.0. The van der Waals surface area contributed by atoms with E-state index in [0.29, 0.717) is 23.3 Å². The van der Waals surface area contributed by atoms with Gasteiger partial charge in [0.2, 0.25) is 0 Å². The van der Waals surface area contributed by atoms with Crippen molar-refractivity contribution in [3.8, 4) is 0 Å². The lowest BCUT2D eigenvalue weighted by atomic mass is 10.2. The summed E-state index contributed by atoms with van der Waals surface area (Å²) < 4.78 is 0. The Bertz CT molecular complexity index is 593. The highest BCUT2D eigenvalue weighted by molar-refractivity contribution is 5.77. The topological polar surface area (TPSA) is 78.0 Å². The SMILES string of the molecule is CC(O)CCCNCc1nc2ccccc2c(=O)[nH]1. The van der Waals surface area contributed by atoms with E-state index < -0.39 is 0 Å². The molecule has 5 heteroatoms. The summed E-state index contributed by atoms with van der Waals surface area (Å²) in [6.45, 7) is 3.10. The van der Waals surface area contributed by atoms with Crippen LogP contribution < -0.4 is 10.9 Å². The van der Waals surface area contributed by atoms with Crippen molar-refractivity contribution in [3.05, 3.63) is 40.4 Å². The second kappa shape index (κ2) is 6.45. The van der Waals surface area contributed by atoms with Crippen LogP contribution in [0.2, 0.25) is 0 Å². The first-order chi connectivity index (χ1) is 9.16. The third-order valence-electron chi connectivity index (χ3n) is 2.93. The van der Waals surface area contributed by atoms with Gasteiger partial charge in [-0.3, -0.25) is 4.79 Å². The molecule has 0 fully saturated rings. The molecule has 2 aromatic rings. The lowest BCUT2D eigenvalue weighted by molar-refractivity contribution is 0.181. The Morgan fingerprint density at radius 3 is 3.00 bits per heavy atom. The van der Waals surface area contributed by atoms with E-state index in [9.17, 15) is 4.79 Å². The number of hydrogen-bond donors (Lipinski definition) is 3. The Morgan fingerprint density at radius 1 is 1.42 bits per heavy atom. The summed E-state index contributed by atoms with van der Waals surface area (Å²) in [5.74, 6) is 0.640. The number of para-hydroxylation sites is 1. The first kappa shape index (κ1) is 13.7. The zero-order valence-electron chi connectivity index (χ0n) is 11.0. The molecular formula is C14H19N3O2. The first-order valence-electron chi connectivity index (χ1n) is 6.53. The number of nitrogens with zero attached hydrogens (tertiary/aromatic N) is 1. The zero-order chi connectivity index (χ0) is 13.7. The predicted octanol–water partition coefficient (Wildman–Crippen LogP) is 1.17. The number of aromatic amines is 1. The number of rotatable bonds is 6. The highest BCUT2D eigenvalue weighted by atomic mass is 16.3. The minimum absolute atomic E-state index is 0.105. The Labute approximate surface area is 111 Å². The lowest BCUT2D eigenvalue weighted by Crippen LogP contribution is -2.21. The smallest absolute Gasteiger partial charge is 0.258 e. The molecule has 0 saturated carbocycles. The van der Waals surface area contributed by atoms with E-state index in [1.165, 1.54) is 0 Å². The van der Waals surface area contributed by atoms with Gasteiger partial charge in [-0.2, -0.15) is 0 Å². The Balaban J connectivity index is 1.96. The second-order valence-corrected chi connectivity index (χ2v) is 4.70. The van der Waals surface area contributed by atoms with Gasteiger partial charge in [0.05, 0.1) is 23.6 Å². The van der Waals surface area contributed by atoms with Gasteiger partial charge in [-0.15, -0.1) is 0 Å². The number of aliphatic hydroxyl groups excluding tert-OH is 1. The van der Waals surface area contributed by atoms with E-state index in [-0.39, 0.29) is 11.7 Å². The van der Waals surface area contributed by atoms with Crippen molar-refractivity contribution in [2.75, 3.05) is 6.54 Å². The highest BCUT2D eigenvalue weighted by Crippen LogP contribution is 2.05. The normalized spacial score (nSPS) is 12.7. The maximum absolute atomic E-state index is 11.8. The molecule has 0 saturated heterocycles. The van der Waals surface area contributed by atoms with E-state index >= 15 is 0 Å². The number of H-pyrrole nitrogens is 1. The van der Waals surface area contributed by atoms with Crippen LogP contribution in [0.5, 0.6) is 0 Å². The van der Waals surface area contributed by atoms with Crippen LogP contribution in [0, 0.1) is 0 Å². The maximum Gasteiger partial charge on any atom is 0.258 e. The Morgan fingerprint density at radius 2 is 2.21 bits per heavy atom. The fourth-order valence-corrected chi connectivity index (χ4v) is 1.95.